The highest BCUT2D eigenvalue weighted by Gasteiger charge is 2.27. The summed E-state index contributed by atoms with van der Waals surface area (Å²) in [7, 11) is 0. The molecule has 8 nitrogen and oxygen atoms in total. The second kappa shape index (κ2) is 7.68. The van der Waals surface area contributed by atoms with Gasteiger partial charge in [0.1, 0.15) is 17.2 Å². The number of ether oxygens (including phenoxy) is 1. The summed E-state index contributed by atoms with van der Waals surface area (Å²) in [6.45, 7) is 5.33. The van der Waals surface area contributed by atoms with Crippen LogP contribution < -0.4 is 22.2 Å². The SMILES string of the molecule is CC(C)(C)OC(=O)C(N)CNc1cc2c(=O)c(C(N)=O)cn(C3CC3)c2cc1Cl. The smallest absolute Gasteiger partial charge is 0.325 e. The number of nitrogens with zero attached hydrogens (tertiary/aromatic N) is 1. The number of amides is 1. The molecule has 0 saturated heterocycles. The molecule has 1 aliphatic rings. The highest BCUT2D eigenvalue weighted by Crippen LogP contribution is 2.38. The number of halogens is 1. The Morgan fingerprint density at radius 2 is 2.00 bits per heavy atom. The predicted octanol–water partition coefficient (Wildman–Crippen LogP) is 2.17. The molecule has 5 N–H and O–H groups in total. The number of rotatable bonds is 6. The van der Waals surface area contributed by atoms with Crippen LogP contribution in [0.25, 0.3) is 10.9 Å². The average Bonchev–Trinajstić information content (AvgIpc) is 3.43. The van der Waals surface area contributed by atoms with E-state index >= 15 is 0 Å². The van der Waals surface area contributed by atoms with E-state index in [4.69, 9.17) is 27.8 Å². The van der Waals surface area contributed by atoms with Crippen molar-refractivity contribution in [2.24, 2.45) is 11.5 Å². The van der Waals surface area contributed by atoms with Gasteiger partial charge in [0, 0.05) is 24.2 Å². The maximum atomic E-state index is 12.7. The second-order valence-electron chi connectivity index (χ2n) is 8.24. The van der Waals surface area contributed by atoms with Crippen molar-refractivity contribution in [1.29, 1.82) is 0 Å². The van der Waals surface area contributed by atoms with E-state index in [0.29, 0.717) is 21.6 Å². The number of nitrogens with one attached hydrogen (secondary N) is 1. The zero-order valence-electron chi connectivity index (χ0n) is 16.6. The van der Waals surface area contributed by atoms with Crippen LogP contribution in [0, 0.1) is 0 Å². The second-order valence-corrected chi connectivity index (χ2v) is 8.65. The molecular weight excluding hydrogens is 396 g/mol. The summed E-state index contributed by atoms with van der Waals surface area (Å²) in [5.74, 6) is -1.32. The van der Waals surface area contributed by atoms with Crippen molar-refractivity contribution in [2.75, 3.05) is 11.9 Å². The van der Waals surface area contributed by atoms with Crippen LogP contribution in [0.5, 0.6) is 0 Å². The maximum absolute atomic E-state index is 12.7. The predicted molar refractivity (Wildman–Crippen MR) is 112 cm³/mol. The van der Waals surface area contributed by atoms with Crippen LogP contribution in [0.3, 0.4) is 0 Å². The summed E-state index contributed by atoms with van der Waals surface area (Å²) in [6, 6.07) is 2.53. The molecule has 1 fully saturated rings. The van der Waals surface area contributed by atoms with E-state index in [9.17, 15) is 14.4 Å². The fourth-order valence-electron chi connectivity index (χ4n) is 3.02. The third-order valence-electron chi connectivity index (χ3n) is 4.55. The van der Waals surface area contributed by atoms with Crippen molar-refractivity contribution >= 4 is 40.1 Å². The van der Waals surface area contributed by atoms with Crippen LogP contribution in [-0.4, -0.2) is 34.6 Å². The Bertz CT molecular complexity index is 1040. The number of anilines is 1. The minimum atomic E-state index is -0.916. The van der Waals surface area contributed by atoms with E-state index in [2.05, 4.69) is 5.32 Å². The minimum absolute atomic E-state index is 0.0620. The Hall–Kier alpha value is -2.58. The molecule has 1 heterocycles. The van der Waals surface area contributed by atoms with E-state index in [-0.39, 0.29) is 18.2 Å². The molecular formula is C20H25ClN4O4. The lowest BCUT2D eigenvalue weighted by Gasteiger charge is -2.22. The molecule has 9 heteroatoms. The number of esters is 1. The van der Waals surface area contributed by atoms with Gasteiger partial charge in [-0.15, -0.1) is 0 Å². The topological polar surface area (TPSA) is 129 Å². The highest BCUT2D eigenvalue weighted by atomic mass is 35.5. The number of benzene rings is 1. The molecule has 1 saturated carbocycles. The largest absolute Gasteiger partial charge is 0.459 e. The van der Waals surface area contributed by atoms with Crippen molar-refractivity contribution in [3.8, 4) is 0 Å². The number of fused-ring (bicyclic) bond motifs is 1. The van der Waals surface area contributed by atoms with E-state index in [1.807, 2.05) is 4.57 Å². The number of primary amides is 1. The molecule has 3 rings (SSSR count). The Balaban J connectivity index is 1.92. The molecule has 1 aromatic carbocycles. The quantitative estimate of drug-likeness (QED) is 0.614. The molecule has 1 aliphatic carbocycles. The zero-order chi connectivity index (χ0) is 21.5. The number of aromatic nitrogens is 1. The third-order valence-corrected chi connectivity index (χ3v) is 4.86. The van der Waals surface area contributed by atoms with Gasteiger partial charge in [-0.3, -0.25) is 14.4 Å². The summed E-state index contributed by atoms with van der Waals surface area (Å²) >= 11 is 6.40. The van der Waals surface area contributed by atoms with Crippen LogP contribution in [0.2, 0.25) is 5.02 Å². The Labute approximate surface area is 173 Å². The van der Waals surface area contributed by atoms with Crippen LogP contribution in [0.1, 0.15) is 50.0 Å². The summed E-state index contributed by atoms with van der Waals surface area (Å²) in [6.07, 6.45) is 3.42. The summed E-state index contributed by atoms with van der Waals surface area (Å²) < 4.78 is 7.13. The van der Waals surface area contributed by atoms with Crippen molar-refractivity contribution in [2.45, 2.75) is 51.3 Å². The number of pyridine rings is 1. The fourth-order valence-corrected chi connectivity index (χ4v) is 3.24. The van der Waals surface area contributed by atoms with Crippen molar-refractivity contribution < 1.29 is 14.3 Å². The first kappa shape index (κ1) is 21.1. The van der Waals surface area contributed by atoms with Crippen LogP contribution in [0.15, 0.2) is 23.1 Å². The average molecular weight is 421 g/mol. The standard InChI is InChI=1S/C20H25ClN4O4/c1-20(2,3)29-19(28)14(22)8-24-15-6-11-16(7-13(15)21)25(10-4-5-10)9-12(17(11)26)18(23)27/h6-7,9-10,14,24H,4-5,8,22H2,1-3H3,(H2,23,27). The number of hydrogen-bond acceptors (Lipinski definition) is 6. The maximum Gasteiger partial charge on any atom is 0.325 e. The van der Waals surface area contributed by atoms with E-state index < -0.39 is 28.9 Å². The molecule has 2 aromatic rings. The number of nitrogens with two attached hydrogens (primary N) is 2. The molecule has 29 heavy (non-hydrogen) atoms. The molecule has 156 valence electrons. The van der Waals surface area contributed by atoms with E-state index in [1.54, 1.807) is 32.9 Å². The van der Waals surface area contributed by atoms with Crippen LogP contribution in [-0.2, 0) is 9.53 Å². The molecule has 1 unspecified atom stereocenters. The van der Waals surface area contributed by atoms with Crippen LogP contribution in [0.4, 0.5) is 5.69 Å². The van der Waals surface area contributed by atoms with Crippen LogP contribution >= 0.6 is 11.6 Å². The third kappa shape index (κ3) is 4.71. The molecule has 0 radical (unpaired) electrons. The van der Waals surface area contributed by atoms with Gasteiger partial charge in [0.15, 0.2) is 0 Å². The lowest BCUT2D eigenvalue weighted by molar-refractivity contribution is -0.156. The molecule has 0 spiro atoms. The zero-order valence-corrected chi connectivity index (χ0v) is 17.4. The molecule has 0 aliphatic heterocycles. The first-order chi connectivity index (χ1) is 13.5. The first-order valence-electron chi connectivity index (χ1n) is 9.38. The molecule has 0 bridgehead atoms. The first-order valence-corrected chi connectivity index (χ1v) is 9.76. The highest BCUT2D eigenvalue weighted by molar-refractivity contribution is 6.34. The summed E-state index contributed by atoms with van der Waals surface area (Å²) in [5, 5.41) is 3.68. The van der Waals surface area contributed by atoms with Gasteiger partial charge in [-0.05, 0) is 45.7 Å². The summed E-state index contributed by atoms with van der Waals surface area (Å²) in [4.78, 5) is 36.5. The molecule has 1 aromatic heterocycles. The fraction of sp³-hybridized carbons (Fsp3) is 0.450. The normalized spacial score (nSPS) is 15.2. The van der Waals surface area contributed by atoms with Crippen molar-refractivity contribution in [3.05, 3.63) is 39.1 Å². The monoisotopic (exact) mass is 420 g/mol. The summed E-state index contributed by atoms with van der Waals surface area (Å²) in [5.41, 5.74) is 11.2. The molecule has 1 amide bonds. The van der Waals surface area contributed by atoms with Gasteiger partial charge in [-0.1, -0.05) is 11.6 Å². The van der Waals surface area contributed by atoms with Gasteiger partial charge < -0.3 is 26.1 Å². The lowest BCUT2D eigenvalue weighted by atomic mass is 10.1. The minimum Gasteiger partial charge on any atom is -0.459 e. The van der Waals surface area contributed by atoms with Crippen molar-refractivity contribution in [3.63, 3.8) is 0 Å². The van der Waals surface area contributed by atoms with Gasteiger partial charge in [-0.25, -0.2) is 0 Å². The van der Waals surface area contributed by atoms with Crippen molar-refractivity contribution in [1.82, 2.24) is 4.57 Å². The van der Waals surface area contributed by atoms with E-state index in [0.717, 1.165) is 12.8 Å². The van der Waals surface area contributed by atoms with Gasteiger partial charge in [0.05, 0.1) is 16.2 Å². The lowest BCUT2D eigenvalue weighted by Crippen LogP contribution is -2.41. The van der Waals surface area contributed by atoms with Gasteiger partial charge in [-0.2, -0.15) is 0 Å². The van der Waals surface area contributed by atoms with Gasteiger partial charge >= 0.3 is 5.97 Å². The number of carbonyl (C=O) groups excluding carboxylic acids is 2. The molecule has 1 atom stereocenters. The number of carbonyl (C=O) groups is 2. The van der Waals surface area contributed by atoms with Gasteiger partial charge in [0.2, 0.25) is 5.43 Å². The van der Waals surface area contributed by atoms with E-state index in [1.165, 1.54) is 6.20 Å². The Kier molecular flexibility index (Phi) is 5.60. The number of hydrogen-bond donors (Lipinski definition) is 3. The Morgan fingerprint density at radius 3 is 2.55 bits per heavy atom. The van der Waals surface area contributed by atoms with Gasteiger partial charge in [0.25, 0.3) is 5.91 Å². The Morgan fingerprint density at radius 1 is 1.34 bits per heavy atom.